The van der Waals surface area contributed by atoms with Gasteiger partial charge in [-0.25, -0.2) is 9.97 Å². The molecule has 0 unspecified atom stereocenters. The standard InChI is InChI=1S/C12H12N4S/c1-8-2-4-9(5-3-8)17-12-10(11(13)14)15-6-7-16-12/h2-7H,1H3,(H3,13,14). The summed E-state index contributed by atoms with van der Waals surface area (Å²) < 4.78 is 0. The van der Waals surface area contributed by atoms with Gasteiger partial charge >= 0.3 is 0 Å². The second-order valence-electron chi connectivity index (χ2n) is 3.54. The number of aryl methyl sites for hydroxylation is 1. The molecule has 86 valence electrons. The van der Waals surface area contributed by atoms with Crippen LogP contribution < -0.4 is 5.73 Å². The van der Waals surface area contributed by atoms with Crippen molar-refractivity contribution in [1.82, 2.24) is 9.97 Å². The van der Waals surface area contributed by atoms with E-state index in [0.29, 0.717) is 10.7 Å². The molecule has 0 aliphatic carbocycles. The van der Waals surface area contributed by atoms with Gasteiger partial charge in [0.05, 0.1) is 0 Å². The van der Waals surface area contributed by atoms with Crippen molar-refractivity contribution in [2.75, 3.05) is 0 Å². The van der Waals surface area contributed by atoms with Crippen molar-refractivity contribution >= 4 is 17.6 Å². The molecule has 0 spiro atoms. The number of amidine groups is 1. The highest BCUT2D eigenvalue weighted by Crippen LogP contribution is 2.27. The highest BCUT2D eigenvalue weighted by molar-refractivity contribution is 7.99. The zero-order valence-corrected chi connectivity index (χ0v) is 10.2. The zero-order valence-electron chi connectivity index (χ0n) is 9.34. The Morgan fingerprint density at radius 2 is 1.82 bits per heavy atom. The lowest BCUT2D eigenvalue weighted by Crippen LogP contribution is -2.14. The van der Waals surface area contributed by atoms with Crippen LogP contribution >= 0.6 is 11.8 Å². The highest BCUT2D eigenvalue weighted by atomic mass is 32.2. The lowest BCUT2D eigenvalue weighted by molar-refractivity contribution is 1.03. The Morgan fingerprint density at radius 3 is 2.47 bits per heavy atom. The molecule has 5 heteroatoms. The predicted octanol–water partition coefficient (Wildman–Crippen LogP) is 2.22. The molecule has 1 aromatic heterocycles. The zero-order chi connectivity index (χ0) is 12.3. The molecule has 0 amide bonds. The van der Waals surface area contributed by atoms with Gasteiger partial charge in [-0.1, -0.05) is 29.5 Å². The Balaban J connectivity index is 2.30. The van der Waals surface area contributed by atoms with E-state index in [4.69, 9.17) is 11.1 Å². The van der Waals surface area contributed by atoms with E-state index < -0.39 is 0 Å². The van der Waals surface area contributed by atoms with Crippen LogP contribution in [0.1, 0.15) is 11.3 Å². The van der Waals surface area contributed by atoms with E-state index in [-0.39, 0.29) is 5.84 Å². The van der Waals surface area contributed by atoms with Gasteiger partial charge in [0.1, 0.15) is 16.6 Å². The van der Waals surface area contributed by atoms with Gasteiger partial charge in [-0.15, -0.1) is 0 Å². The fourth-order valence-electron chi connectivity index (χ4n) is 1.30. The highest BCUT2D eigenvalue weighted by Gasteiger charge is 2.09. The summed E-state index contributed by atoms with van der Waals surface area (Å²) in [6, 6.07) is 8.09. The predicted molar refractivity (Wildman–Crippen MR) is 68.4 cm³/mol. The molecule has 0 aliphatic heterocycles. The topological polar surface area (TPSA) is 75.7 Å². The summed E-state index contributed by atoms with van der Waals surface area (Å²) >= 11 is 1.46. The van der Waals surface area contributed by atoms with Gasteiger partial charge in [0.2, 0.25) is 0 Å². The molecule has 17 heavy (non-hydrogen) atoms. The molecule has 0 saturated heterocycles. The normalized spacial score (nSPS) is 10.2. The van der Waals surface area contributed by atoms with Crippen molar-refractivity contribution in [2.24, 2.45) is 5.73 Å². The third-order valence-electron chi connectivity index (χ3n) is 2.16. The molecule has 2 rings (SSSR count). The quantitative estimate of drug-likeness (QED) is 0.641. The minimum absolute atomic E-state index is 0.0623. The Morgan fingerprint density at radius 1 is 1.18 bits per heavy atom. The number of nitrogens with two attached hydrogens (primary N) is 1. The van der Waals surface area contributed by atoms with Crippen molar-refractivity contribution in [2.45, 2.75) is 16.8 Å². The molecule has 0 fully saturated rings. The Bertz CT molecular complexity index is 536. The molecular formula is C12H12N4S. The second kappa shape index (κ2) is 4.97. The molecule has 0 saturated carbocycles. The van der Waals surface area contributed by atoms with Crippen LogP contribution in [0.25, 0.3) is 0 Å². The summed E-state index contributed by atoms with van der Waals surface area (Å²) in [5.41, 5.74) is 7.10. The summed E-state index contributed by atoms with van der Waals surface area (Å²) in [6.07, 6.45) is 3.14. The van der Waals surface area contributed by atoms with Crippen molar-refractivity contribution in [1.29, 1.82) is 5.41 Å². The molecule has 0 atom stereocenters. The Hall–Kier alpha value is -1.88. The van der Waals surface area contributed by atoms with Crippen LogP contribution in [-0.4, -0.2) is 15.8 Å². The van der Waals surface area contributed by atoms with Crippen LogP contribution in [0.5, 0.6) is 0 Å². The van der Waals surface area contributed by atoms with Crippen molar-refractivity contribution in [3.8, 4) is 0 Å². The van der Waals surface area contributed by atoms with E-state index in [1.807, 2.05) is 31.2 Å². The summed E-state index contributed by atoms with van der Waals surface area (Å²) in [7, 11) is 0. The lowest BCUT2D eigenvalue weighted by Gasteiger charge is -2.05. The van der Waals surface area contributed by atoms with Crippen LogP contribution in [0.4, 0.5) is 0 Å². The van der Waals surface area contributed by atoms with E-state index in [2.05, 4.69) is 9.97 Å². The average molecular weight is 244 g/mol. The molecule has 0 aliphatic rings. The Labute approximate surface area is 104 Å². The fraction of sp³-hybridized carbons (Fsp3) is 0.0833. The van der Waals surface area contributed by atoms with Crippen molar-refractivity contribution in [3.05, 3.63) is 47.9 Å². The van der Waals surface area contributed by atoms with Gasteiger partial charge in [0, 0.05) is 17.3 Å². The molecular weight excluding hydrogens is 232 g/mol. The van der Waals surface area contributed by atoms with Crippen LogP contribution in [0.3, 0.4) is 0 Å². The fourth-order valence-corrected chi connectivity index (χ4v) is 2.17. The van der Waals surface area contributed by atoms with Crippen LogP contribution in [0.2, 0.25) is 0 Å². The summed E-state index contributed by atoms with van der Waals surface area (Å²) in [5, 5.41) is 8.09. The summed E-state index contributed by atoms with van der Waals surface area (Å²) in [4.78, 5) is 9.31. The van der Waals surface area contributed by atoms with E-state index in [0.717, 1.165) is 4.90 Å². The second-order valence-corrected chi connectivity index (χ2v) is 4.60. The lowest BCUT2D eigenvalue weighted by atomic mass is 10.2. The SMILES string of the molecule is Cc1ccc(Sc2nccnc2C(=N)N)cc1. The average Bonchev–Trinajstić information content (AvgIpc) is 2.32. The van der Waals surface area contributed by atoms with Crippen molar-refractivity contribution < 1.29 is 0 Å². The first-order valence-corrected chi connectivity index (χ1v) is 5.88. The number of nitrogens with one attached hydrogen (secondary N) is 1. The van der Waals surface area contributed by atoms with Gasteiger partial charge in [-0.2, -0.15) is 0 Å². The maximum atomic E-state index is 7.44. The van der Waals surface area contributed by atoms with Crippen molar-refractivity contribution in [3.63, 3.8) is 0 Å². The molecule has 0 bridgehead atoms. The van der Waals surface area contributed by atoms with Crippen LogP contribution in [-0.2, 0) is 0 Å². The minimum atomic E-state index is -0.0623. The number of nitrogens with zero attached hydrogens (tertiary/aromatic N) is 2. The number of aromatic nitrogens is 2. The van der Waals surface area contributed by atoms with Gasteiger partial charge in [0.15, 0.2) is 0 Å². The van der Waals surface area contributed by atoms with Gasteiger partial charge in [-0.05, 0) is 19.1 Å². The largest absolute Gasteiger partial charge is 0.382 e. The number of benzene rings is 1. The van der Waals surface area contributed by atoms with Crippen LogP contribution in [0.15, 0.2) is 46.6 Å². The first-order chi connectivity index (χ1) is 8.16. The maximum Gasteiger partial charge on any atom is 0.144 e. The maximum absolute atomic E-state index is 7.44. The van der Waals surface area contributed by atoms with Crippen LogP contribution in [0, 0.1) is 12.3 Å². The number of hydrogen-bond donors (Lipinski definition) is 2. The molecule has 1 aromatic carbocycles. The van der Waals surface area contributed by atoms with Gasteiger partial charge < -0.3 is 5.73 Å². The molecule has 0 radical (unpaired) electrons. The first-order valence-electron chi connectivity index (χ1n) is 5.07. The molecule has 4 nitrogen and oxygen atoms in total. The molecule has 2 aromatic rings. The van der Waals surface area contributed by atoms with E-state index in [1.54, 1.807) is 6.20 Å². The van der Waals surface area contributed by atoms with Gasteiger partial charge in [0.25, 0.3) is 0 Å². The smallest absolute Gasteiger partial charge is 0.144 e. The number of nitrogen functional groups attached to an aromatic ring is 1. The molecule has 1 heterocycles. The summed E-state index contributed by atoms with van der Waals surface area (Å²) in [5.74, 6) is -0.0623. The first kappa shape index (κ1) is 11.6. The number of rotatable bonds is 3. The third kappa shape index (κ3) is 2.82. The number of hydrogen-bond acceptors (Lipinski definition) is 4. The Kier molecular flexibility index (Phi) is 3.39. The monoisotopic (exact) mass is 244 g/mol. The van der Waals surface area contributed by atoms with Gasteiger partial charge in [-0.3, -0.25) is 5.41 Å². The third-order valence-corrected chi connectivity index (χ3v) is 3.16. The molecule has 3 N–H and O–H groups in total. The minimum Gasteiger partial charge on any atom is -0.382 e. The summed E-state index contributed by atoms with van der Waals surface area (Å²) in [6.45, 7) is 2.04. The van der Waals surface area contributed by atoms with E-state index >= 15 is 0 Å². The van der Waals surface area contributed by atoms with E-state index in [9.17, 15) is 0 Å². The van der Waals surface area contributed by atoms with E-state index in [1.165, 1.54) is 23.5 Å².